The minimum atomic E-state index is -0.878. The second-order valence-corrected chi connectivity index (χ2v) is 16.3. The zero-order chi connectivity index (χ0) is 41.4. The van der Waals surface area contributed by atoms with E-state index in [0.29, 0.717) is 19.3 Å². The van der Waals surface area contributed by atoms with Crippen LogP contribution < -0.4 is 0 Å². The Morgan fingerprint density at radius 3 is 1.43 bits per heavy atom. The lowest BCUT2D eigenvalue weighted by molar-refractivity contribution is -0.887. The van der Waals surface area contributed by atoms with Crippen LogP contribution in [0.25, 0.3) is 0 Å². The second-order valence-electron chi connectivity index (χ2n) is 16.3. The van der Waals surface area contributed by atoms with Crippen LogP contribution in [0.1, 0.15) is 187 Å². The summed E-state index contributed by atoms with van der Waals surface area (Å²) >= 11 is 0. The summed E-state index contributed by atoms with van der Waals surface area (Å²) in [5.74, 6) is -1.49. The molecule has 0 amide bonds. The minimum Gasteiger partial charge on any atom is -0.477 e. The predicted molar refractivity (Wildman–Crippen MR) is 234 cm³/mol. The Morgan fingerprint density at radius 2 is 0.946 bits per heavy atom. The normalized spacial score (nSPS) is 13.4. The van der Waals surface area contributed by atoms with E-state index in [1.807, 2.05) is 21.1 Å². The van der Waals surface area contributed by atoms with Crippen LogP contribution in [0, 0.1) is 0 Å². The van der Waals surface area contributed by atoms with Crippen molar-refractivity contribution in [2.24, 2.45) is 0 Å². The second kappa shape index (κ2) is 39.1. The summed E-state index contributed by atoms with van der Waals surface area (Å²) in [4.78, 5) is 36.9. The van der Waals surface area contributed by atoms with Gasteiger partial charge in [-0.1, -0.05) is 159 Å². The standard InChI is InChI=1S/C48H85NO7/c1-6-8-10-12-14-16-18-19-20-21-22-23-24-25-26-27-29-30-32-34-36-38-46(50)55-43-44(42-54-41-40-45(48(52)53)49(3,4)5)56-47(51)39-37-35-33-31-28-17-15-13-11-9-7-2/h14,16,19-20,22-23,25-26,44-45H,6-13,15,17-18,21,24,27-43H2,1-5H3/p+1/b16-14+,20-19+,23-22+,26-25+. The number of likely N-dealkylation sites (N-methyl/N-ethyl adjacent to an activating group) is 1. The molecule has 2 unspecified atom stereocenters. The lowest BCUT2D eigenvalue weighted by Crippen LogP contribution is -2.50. The summed E-state index contributed by atoms with van der Waals surface area (Å²) in [6.07, 6.45) is 45.8. The number of carbonyl (C=O) groups excluding carboxylic acids is 2. The van der Waals surface area contributed by atoms with E-state index < -0.39 is 18.1 Å². The maximum absolute atomic E-state index is 12.7. The van der Waals surface area contributed by atoms with Crippen molar-refractivity contribution in [3.05, 3.63) is 48.6 Å². The van der Waals surface area contributed by atoms with Crippen LogP contribution in [0.4, 0.5) is 0 Å². The monoisotopic (exact) mass is 789 g/mol. The van der Waals surface area contributed by atoms with E-state index in [0.717, 1.165) is 77.0 Å². The van der Waals surface area contributed by atoms with Gasteiger partial charge in [0, 0.05) is 19.3 Å². The molecule has 0 saturated heterocycles. The molecule has 0 aliphatic carbocycles. The third kappa shape index (κ3) is 36.9. The van der Waals surface area contributed by atoms with Crippen molar-refractivity contribution >= 4 is 17.9 Å². The van der Waals surface area contributed by atoms with Crippen molar-refractivity contribution < 1.29 is 38.2 Å². The lowest BCUT2D eigenvalue weighted by Gasteiger charge is -2.31. The number of unbranched alkanes of at least 4 members (excludes halogenated alkanes) is 18. The van der Waals surface area contributed by atoms with Crippen LogP contribution in [-0.2, 0) is 28.6 Å². The van der Waals surface area contributed by atoms with Crippen LogP contribution >= 0.6 is 0 Å². The van der Waals surface area contributed by atoms with E-state index in [4.69, 9.17) is 14.2 Å². The smallest absolute Gasteiger partial charge is 0.362 e. The van der Waals surface area contributed by atoms with Crippen LogP contribution in [0.2, 0.25) is 0 Å². The van der Waals surface area contributed by atoms with Crippen molar-refractivity contribution in [2.45, 2.75) is 199 Å². The van der Waals surface area contributed by atoms with E-state index in [1.54, 1.807) is 0 Å². The average molecular weight is 789 g/mol. The molecule has 0 aliphatic rings. The Balaban J connectivity index is 4.31. The lowest BCUT2D eigenvalue weighted by atomic mass is 10.1. The molecule has 8 nitrogen and oxygen atoms in total. The quantitative estimate of drug-likeness (QED) is 0.0286. The van der Waals surface area contributed by atoms with Crippen LogP contribution in [0.15, 0.2) is 48.6 Å². The van der Waals surface area contributed by atoms with Gasteiger partial charge in [-0.15, -0.1) is 0 Å². The molecule has 0 spiro atoms. The molecule has 0 aromatic rings. The Kier molecular flexibility index (Phi) is 37.2. The maximum Gasteiger partial charge on any atom is 0.362 e. The van der Waals surface area contributed by atoms with Crippen molar-refractivity contribution in [3.8, 4) is 0 Å². The average Bonchev–Trinajstić information content (AvgIpc) is 3.15. The van der Waals surface area contributed by atoms with Gasteiger partial charge >= 0.3 is 17.9 Å². The first-order chi connectivity index (χ1) is 27.1. The van der Waals surface area contributed by atoms with Gasteiger partial charge in [-0.2, -0.15) is 0 Å². The highest BCUT2D eigenvalue weighted by Gasteiger charge is 2.31. The molecule has 1 N–H and O–H groups in total. The number of hydrogen-bond acceptors (Lipinski definition) is 6. The number of esters is 2. The fourth-order valence-electron chi connectivity index (χ4n) is 6.43. The minimum absolute atomic E-state index is 0.0558. The van der Waals surface area contributed by atoms with Crippen molar-refractivity contribution in [2.75, 3.05) is 41.0 Å². The molecule has 8 heteroatoms. The van der Waals surface area contributed by atoms with Gasteiger partial charge in [-0.05, 0) is 57.8 Å². The van der Waals surface area contributed by atoms with Crippen molar-refractivity contribution in [1.29, 1.82) is 0 Å². The highest BCUT2D eigenvalue weighted by molar-refractivity contribution is 5.72. The zero-order valence-corrected chi connectivity index (χ0v) is 36.8. The zero-order valence-electron chi connectivity index (χ0n) is 36.8. The fraction of sp³-hybridized carbons (Fsp3) is 0.771. The fourth-order valence-corrected chi connectivity index (χ4v) is 6.43. The molecular weight excluding hydrogens is 703 g/mol. The van der Waals surface area contributed by atoms with E-state index >= 15 is 0 Å². The topological polar surface area (TPSA) is 99.1 Å². The Bertz CT molecular complexity index is 1060. The summed E-state index contributed by atoms with van der Waals surface area (Å²) in [5.41, 5.74) is 0. The molecule has 0 bridgehead atoms. The molecule has 324 valence electrons. The maximum atomic E-state index is 12.7. The first kappa shape index (κ1) is 53.3. The number of aliphatic carboxylic acids is 1. The van der Waals surface area contributed by atoms with E-state index in [2.05, 4.69) is 62.5 Å². The van der Waals surface area contributed by atoms with Gasteiger partial charge in [0.15, 0.2) is 12.1 Å². The molecule has 0 saturated carbocycles. The Labute approximate surface area is 344 Å². The first-order valence-corrected chi connectivity index (χ1v) is 22.7. The van der Waals surface area contributed by atoms with Gasteiger partial charge in [0.1, 0.15) is 6.61 Å². The number of quaternary nitrogens is 1. The number of nitrogens with zero attached hydrogens (tertiary/aromatic N) is 1. The van der Waals surface area contributed by atoms with Gasteiger partial charge in [0.2, 0.25) is 0 Å². The van der Waals surface area contributed by atoms with E-state index in [-0.39, 0.29) is 36.2 Å². The molecule has 0 aromatic heterocycles. The highest BCUT2D eigenvalue weighted by atomic mass is 16.6. The summed E-state index contributed by atoms with van der Waals surface area (Å²) in [5, 5.41) is 9.61. The Morgan fingerprint density at radius 1 is 0.536 bits per heavy atom. The van der Waals surface area contributed by atoms with Gasteiger partial charge < -0.3 is 23.8 Å². The van der Waals surface area contributed by atoms with Crippen LogP contribution in [0.3, 0.4) is 0 Å². The molecule has 2 atom stereocenters. The predicted octanol–water partition coefficient (Wildman–Crippen LogP) is 12.4. The summed E-state index contributed by atoms with van der Waals surface area (Å²) in [6, 6.07) is -0.616. The third-order valence-corrected chi connectivity index (χ3v) is 9.98. The van der Waals surface area contributed by atoms with Gasteiger partial charge in [-0.3, -0.25) is 9.59 Å². The SMILES string of the molecule is CCCCC/C=C/C/C=C/C/C=C/C/C=C/CCCCCCCC(=O)OCC(COCCC(C(=O)O)[N+](C)(C)C)OC(=O)CCCCCCCCCCCCC. The number of ether oxygens (including phenoxy) is 3. The molecule has 0 fully saturated rings. The van der Waals surface area contributed by atoms with E-state index in [9.17, 15) is 19.5 Å². The molecule has 0 aliphatic heterocycles. The first-order valence-electron chi connectivity index (χ1n) is 22.7. The molecular formula is C48H86NO7+. The van der Waals surface area contributed by atoms with Crippen LogP contribution in [0.5, 0.6) is 0 Å². The van der Waals surface area contributed by atoms with E-state index in [1.165, 1.54) is 77.0 Å². The Hall–Kier alpha value is -2.71. The van der Waals surface area contributed by atoms with Crippen LogP contribution in [-0.4, -0.2) is 80.6 Å². The largest absolute Gasteiger partial charge is 0.477 e. The van der Waals surface area contributed by atoms with Gasteiger partial charge in [0.25, 0.3) is 0 Å². The molecule has 0 aromatic carbocycles. The van der Waals surface area contributed by atoms with Gasteiger partial charge in [-0.25, -0.2) is 4.79 Å². The number of carboxylic acids is 1. The summed E-state index contributed by atoms with van der Waals surface area (Å²) < 4.78 is 17.3. The molecule has 0 heterocycles. The number of rotatable bonds is 40. The number of hydrogen-bond donors (Lipinski definition) is 1. The van der Waals surface area contributed by atoms with Gasteiger partial charge in [0.05, 0.1) is 34.4 Å². The summed E-state index contributed by atoms with van der Waals surface area (Å²) in [6.45, 7) is 4.68. The number of allylic oxidation sites excluding steroid dienone is 8. The third-order valence-electron chi connectivity index (χ3n) is 9.98. The van der Waals surface area contributed by atoms with Crippen molar-refractivity contribution in [1.82, 2.24) is 0 Å². The highest BCUT2D eigenvalue weighted by Crippen LogP contribution is 2.14. The molecule has 0 rings (SSSR count). The molecule has 0 radical (unpaired) electrons. The summed E-state index contributed by atoms with van der Waals surface area (Å²) in [7, 11) is 5.52. The number of carboxylic acid groups (broad SMARTS) is 1. The molecule has 56 heavy (non-hydrogen) atoms. The van der Waals surface area contributed by atoms with Crippen molar-refractivity contribution in [3.63, 3.8) is 0 Å². The number of carbonyl (C=O) groups is 3.